The number of aliphatic hydroxyl groups excluding tert-OH is 1. The van der Waals surface area contributed by atoms with Gasteiger partial charge in [0.25, 0.3) is 0 Å². The van der Waals surface area contributed by atoms with E-state index in [9.17, 15) is 5.11 Å². The molecule has 0 bridgehead atoms. The molecule has 1 aromatic rings. The average molecular weight is 255 g/mol. The maximum Gasteiger partial charge on any atom is 0.0820 e. The van der Waals surface area contributed by atoms with Gasteiger partial charge in [-0.1, -0.05) is 22.0 Å². The Kier molecular flexibility index (Phi) is 2.67. The number of aryl methyl sites for hydroxylation is 2. The molecule has 1 saturated carbocycles. The molecule has 1 unspecified atom stereocenters. The molecule has 1 atom stereocenters. The van der Waals surface area contributed by atoms with Gasteiger partial charge < -0.3 is 5.11 Å². The molecule has 1 nitrogen and oxygen atoms in total. The SMILES string of the molecule is Cc1cc(C(O)C2CC2)c(C)cc1Br. The first-order valence-corrected chi connectivity index (χ1v) is 5.83. The van der Waals surface area contributed by atoms with E-state index in [1.807, 2.05) is 0 Å². The Morgan fingerprint density at radius 3 is 2.50 bits per heavy atom. The van der Waals surface area contributed by atoms with Crippen LogP contribution in [-0.4, -0.2) is 5.11 Å². The molecule has 0 aromatic heterocycles. The standard InChI is InChI=1S/C12H15BrO/c1-7-6-11(13)8(2)5-10(7)12(14)9-3-4-9/h5-6,9,12,14H,3-4H2,1-2H3. The number of hydrogen-bond acceptors (Lipinski definition) is 1. The zero-order valence-electron chi connectivity index (χ0n) is 8.55. The second-order valence-corrected chi connectivity index (χ2v) is 5.09. The molecular formula is C12H15BrO. The lowest BCUT2D eigenvalue weighted by Gasteiger charge is -2.14. The molecule has 76 valence electrons. The van der Waals surface area contributed by atoms with Crippen LogP contribution >= 0.6 is 15.9 Å². The summed E-state index contributed by atoms with van der Waals surface area (Å²) in [6, 6.07) is 4.19. The largest absolute Gasteiger partial charge is 0.388 e. The van der Waals surface area contributed by atoms with E-state index >= 15 is 0 Å². The molecule has 0 spiro atoms. The lowest BCUT2D eigenvalue weighted by molar-refractivity contribution is 0.153. The van der Waals surface area contributed by atoms with Crippen molar-refractivity contribution >= 4 is 15.9 Å². The zero-order valence-corrected chi connectivity index (χ0v) is 10.1. The van der Waals surface area contributed by atoms with Crippen molar-refractivity contribution < 1.29 is 5.11 Å². The maximum absolute atomic E-state index is 10.0. The summed E-state index contributed by atoms with van der Waals surface area (Å²) < 4.78 is 1.13. The fraction of sp³-hybridized carbons (Fsp3) is 0.500. The van der Waals surface area contributed by atoms with Crippen LogP contribution in [-0.2, 0) is 0 Å². The van der Waals surface area contributed by atoms with Crippen LogP contribution in [0.5, 0.6) is 0 Å². The van der Waals surface area contributed by atoms with Gasteiger partial charge in [0.15, 0.2) is 0 Å². The van der Waals surface area contributed by atoms with Gasteiger partial charge in [0.1, 0.15) is 0 Å². The Bertz CT molecular complexity index is 356. The van der Waals surface area contributed by atoms with E-state index in [1.165, 1.54) is 24.0 Å². The van der Waals surface area contributed by atoms with Crippen LogP contribution in [0.3, 0.4) is 0 Å². The summed E-state index contributed by atoms with van der Waals surface area (Å²) in [7, 11) is 0. The van der Waals surface area contributed by atoms with Crippen molar-refractivity contribution in [2.75, 3.05) is 0 Å². The van der Waals surface area contributed by atoms with Crippen LogP contribution in [0.2, 0.25) is 0 Å². The molecule has 2 heteroatoms. The molecule has 1 aliphatic rings. The third-order valence-corrected chi connectivity index (χ3v) is 3.79. The third kappa shape index (κ3) is 1.86. The van der Waals surface area contributed by atoms with E-state index in [1.54, 1.807) is 0 Å². The van der Waals surface area contributed by atoms with E-state index < -0.39 is 0 Å². The van der Waals surface area contributed by atoms with Gasteiger partial charge in [-0.3, -0.25) is 0 Å². The van der Waals surface area contributed by atoms with Crippen LogP contribution in [0.25, 0.3) is 0 Å². The quantitative estimate of drug-likeness (QED) is 0.857. The van der Waals surface area contributed by atoms with Gasteiger partial charge in [0.2, 0.25) is 0 Å². The second-order valence-electron chi connectivity index (χ2n) is 4.24. The highest BCUT2D eigenvalue weighted by molar-refractivity contribution is 9.10. The van der Waals surface area contributed by atoms with E-state index in [2.05, 4.69) is 41.9 Å². The normalized spacial score (nSPS) is 18.3. The minimum absolute atomic E-state index is 0.248. The number of hydrogen-bond donors (Lipinski definition) is 1. The smallest absolute Gasteiger partial charge is 0.0820 e. The minimum atomic E-state index is -0.248. The molecule has 1 aliphatic carbocycles. The molecule has 14 heavy (non-hydrogen) atoms. The molecule has 0 saturated heterocycles. The van der Waals surface area contributed by atoms with Crippen molar-refractivity contribution in [1.82, 2.24) is 0 Å². The summed E-state index contributed by atoms with van der Waals surface area (Å²) in [4.78, 5) is 0. The van der Waals surface area contributed by atoms with Gasteiger partial charge in [-0.25, -0.2) is 0 Å². The highest BCUT2D eigenvalue weighted by Gasteiger charge is 2.31. The summed E-state index contributed by atoms with van der Waals surface area (Å²) in [5.41, 5.74) is 3.49. The Hall–Kier alpha value is -0.340. The highest BCUT2D eigenvalue weighted by Crippen LogP contribution is 2.42. The Labute approximate surface area is 93.3 Å². The molecular weight excluding hydrogens is 240 g/mol. The Morgan fingerprint density at radius 2 is 1.93 bits per heavy atom. The number of benzene rings is 1. The molecule has 0 radical (unpaired) electrons. The molecule has 1 N–H and O–H groups in total. The van der Waals surface area contributed by atoms with Crippen molar-refractivity contribution in [3.63, 3.8) is 0 Å². The molecule has 2 rings (SSSR count). The van der Waals surface area contributed by atoms with Gasteiger partial charge in [-0.15, -0.1) is 0 Å². The van der Waals surface area contributed by atoms with E-state index in [-0.39, 0.29) is 6.10 Å². The minimum Gasteiger partial charge on any atom is -0.388 e. The summed E-state index contributed by atoms with van der Waals surface area (Å²) in [5.74, 6) is 0.509. The fourth-order valence-corrected chi connectivity index (χ4v) is 2.25. The average Bonchev–Trinajstić information content (AvgIpc) is 2.93. The summed E-state index contributed by atoms with van der Waals surface area (Å²) in [6.07, 6.45) is 2.10. The van der Waals surface area contributed by atoms with E-state index in [0.717, 1.165) is 10.0 Å². The predicted molar refractivity (Wildman–Crippen MR) is 61.3 cm³/mol. The molecule has 1 aromatic carbocycles. The van der Waals surface area contributed by atoms with Gasteiger partial charge >= 0.3 is 0 Å². The third-order valence-electron chi connectivity index (χ3n) is 2.93. The monoisotopic (exact) mass is 254 g/mol. The number of rotatable bonds is 2. The van der Waals surface area contributed by atoms with E-state index in [0.29, 0.717) is 5.92 Å². The first-order valence-electron chi connectivity index (χ1n) is 5.04. The molecule has 1 fully saturated rings. The predicted octanol–water partition coefficient (Wildman–Crippen LogP) is 3.51. The van der Waals surface area contributed by atoms with Crippen molar-refractivity contribution in [1.29, 1.82) is 0 Å². The first-order chi connectivity index (χ1) is 6.59. The molecule has 0 amide bonds. The van der Waals surface area contributed by atoms with Crippen molar-refractivity contribution in [2.24, 2.45) is 5.92 Å². The van der Waals surface area contributed by atoms with Crippen LogP contribution in [0.15, 0.2) is 16.6 Å². The lowest BCUT2D eigenvalue weighted by atomic mass is 9.98. The van der Waals surface area contributed by atoms with Gasteiger partial charge in [-0.2, -0.15) is 0 Å². The zero-order chi connectivity index (χ0) is 10.3. The Morgan fingerprint density at radius 1 is 1.29 bits per heavy atom. The molecule has 0 heterocycles. The van der Waals surface area contributed by atoms with Crippen LogP contribution in [0.1, 0.15) is 35.6 Å². The first kappa shape index (κ1) is 10.2. The van der Waals surface area contributed by atoms with Gasteiger partial charge in [-0.05, 0) is 55.4 Å². The van der Waals surface area contributed by atoms with Crippen molar-refractivity contribution in [3.8, 4) is 0 Å². The van der Waals surface area contributed by atoms with Crippen LogP contribution in [0, 0.1) is 19.8 Å². The maximum atomic E-state index is 10.0. The van der Waals surface area contributed by atoms with Crippen molar-refractivity contribution in [3.05, 3.63) is 33.3 Å². The fourth-order valence-electron chi connectivity index (χ4n) is 1.79. The van der Waals surface area contributed by atoms with Gasteiger partial charge in [0, 0.05) is 4.47 Å². The second kappa shape index (κ2) is 3.67. The highest BCUT2D eigenvalue weighted by atomic mass is 79.9. The van der Waals surface area contributed by atoms with Crippen LogP contribution < -0.4 is 0 Å². The van der Waals surface area contributed by atoms with E-state index in [4.69, 9.17) is 0 Å². The number of aliphatic hydroxyl groups is 1. The Balaban J connectivity index is 2.36. The summed E-state index contributed by atoms with van der Waals surface area (Å²) in [6.45, 7) is 4.12. The lowest BCUT2D eigenvalue weighted by Crippen LogP contribution is -2.02. The summed E-state index contributed by atoms with van der Waals surface area (Å²) >= 11 is 3.50. The molecule has 0 aliphatic heterocycles. The topological polar surface area (TPSA) is 20.2 Å². The van der Waals surface area contributed by atoms with Crippen LogP contribution in [0.4, 0.5) is 0 Å². The van der Waals surface area contributed by atoms with Crippen molar-refractivity contribution in [2.45, 2.75) is 32.8 Å². The number of halogens is 1. The summed E-state index contributed by atoms with van der Waals surface area (Å²) in [5, 5.41) is 10.0. The van der Waals surface area contributed by atoms with Gasteiger partial charge in [0.05, 0.1) is 6.10 Å².